The molecule has 0 aromatic heterocycles. The maximum absolute atomic E-state index is 13.2. The molecule has 0 bridgehead atoms. The molecule has 0 aliphatic heterocycles. The summed E-state index contributed by atoms with van der Waals surface area (Å²) < 4.78 is 13.8. The Bertz CT molecular complexity index is 402. The van der Waals surface area contributed by atoms with E-state index in [1.165, 1.54) is 44.1 Å². The molecule has 1 N–H and O–H groups in total. The van der Waals surface area contributed by atoms with Crippen molar-refractivity contribution >= 4 is 15.9 Å². The fourth-order valence-corrected chi connectivity index (χ4v) is 3.46. The topological polar surface area (TPSA) is 12.0 Å². The first-order valence-corrected chi connectivity index (χ1v) is 8.09. The first-order valence-electron chi connectivity index (χ1n) is 7.30. The SMILES string of the molecule is CNC(CCC1CCCC1)Cc1ccc(F)c(Br)c1. The van der Waals surface area contributed by atoms with Crippen LogP contribution in [0.5, 0.6) is 0 Å². The average molecular weight is 328 g/mol. The minimum atomic E-state index is -0.185. The molecule has 1 aromatic carbocycles. The predicted molar refractivity (Wildman–Crippen MR) is 81.8 cm³/mol. The fraction of sp³-hybridized carbons (Fsp3) is 0.625. The van der Waals surface area contributed by atoms with E-state index in [2.05, 4.69) is 21.2 Å². The van der Waals surface area contributed by atoms with Crippen molar-refractivity contribution in [2.75, 3.05) is 7.05 Å². The summed E-state index contributed by atoms with van der Waals surface area (Å²) in [5, 5.41) is 3.40. The first-order chi connectivity index (χ1) is 9.19. The van der Waals surface area contributed by atoms with Crippen LogP contribution in [0.25, 0.3) is 0 Å². The van der Waals surface area contributed by atoms with Crippen LogP contribution in [0, 0.1) is 11.7 Å². The predicted octanol–water partition coefficient (Wildman–Crippen LogP) is 4.69. The molecule has 1 fully saturated rings. The Hall–Kier alpha value is -0.410. The second kappa shape index (κ2) is 7.39. The van der Waals surface area contributed by atoms with Gasteiger partial charge in [-0.25, -0.2) is 4.39 Å². The summed E-state index contributed by atoms with van der Waals surface area (Å²) in [5.41, 5.74) is 1.19. The highest BCUT2D eigenvalue weighted by molar-refractivity contribution is 9.10. The minimum absolute atomic E-state index is 0.185. The van der Waals surface area contributed by atoms with Gasteiger partial charge in [0, 0.05) is 6.04 Å². The first kappa shape index (κ1) is 15.0. The van der Waals surface area contributed by atoms with Crippen molar-refractivity contribution in [1.82, 2.24) is 5.32 Å². The van der Waals surface area contributed by atoms with Gasteiger partial charge in [-0.1, -0.05) is 31.7 Å². The maximum atomic E-state index is 13.2. The van der Waals surface area contributed by atoms with Crippen LogP contribution in [0.4, 0.5) is 4.39 Å². The van der Waals surface area contributed by atoms with Crippen LogP contribution in [0.15, 0.2) is 22.7 Å². The maximum Gasteiger partial charge on any atom is 0.137 e. The smallest absolute Gasteiger partial charge is 0.137 e. The van der Waals surface area contributed by atoms with Crippen molar-refractivity contribution < 1.29 is 4.39 Å². The van der Waals surface area contributed by atoms with E-state index < -0.39 is 0 Å². The quantitative estimate of drug-likeness (QED) is 0.799. The van der Waals surface area contributed by atoms with Gasteiger partial charge in [-0.05, 0) is 65.9 Å². The van der Waals surface area contributed by atoms with Crippen molar-refractivity contribution in [3.05, 3.63) is 34.1 Å². The summed E-state index contributed by atoms with van der Waals surface area (Å²) in [6, 6.07) is 5.83. The Morgan fingerprint density at radius 2 is 2.11 bits per heavy atom. The molecule has 1 aliphatic carbocycles. The lowest BCUT2D eigenvalue weighted by atomic mass is 9.95. The Morgan fingerprint density at radius 3 is 2.74 bits per heavy atom. The van der Waals surface area contributed by atoms with E-state index in [1.54, 1.807) is 6.07 Å². The summed E-state index contributed by atoms with van der Waals surface area (Å²) in [6.07, 6.45) is 9.18. The van der Waals surface area contributed by atoms with Gasteiger partial charge in [0.05, 0.1) is 4.47 Å². The molecule has 19 heavy (non-hydrogen) atoms. The van der Waals surface area contributed by atoms with E-state index in [4.69, 9.17) is 0 Å². The molecule has 0 amide bonds. The van der Waals surface area contributed by atoms with Crippen molar-refractivity contribution in [2.45, 2.75) is 51.0 Å². The number of nitrogens with one attached hydrogen (secondary N) is 1. The van der Waals surface area contributed by atoms with Crippen LogP contribution in [-0.2, 0) is 6.42 Å². The zero-order valence-electron chi connectivity index (χ0n) is 11.6. The fourth-order valence-electron chi connectivity index (χ4n) is 3.04. The third-order valence-corrected chi connectivity index (χ3v) is 4.88. The third-order valence-electron chi connectivity index (χ3n) is 4.27. The Balaban J connectivity index is 1.85. The van der Waals surface area contributed by atoms with Crippen molar-refractivity contribution in [3.8, 4) is 0 Å². The van der Waals surface area contributed by atoms with Gasteiger partial charge in [0.2, 0.25) is 0 Å². The molecular weight excluding hydrogens is 305 g/mol. The lowest BCUT2D eigenvalue weighted by Gasteiger charge is -2.18. The number of hydrogen-bond donors (Lipinski definition) is 1. The summed E-state index contributed by atoms with van der Waals surface area (Å²) in [4.78, 5) is 0. The highest BCUT2D eigenvalue weighted by Gasteiger charge is 2.17. The Labute approximate surface area is 124 Å². The number of halogens is 2. The molecule has 1 aromatic rings. The molecule has 1 atom stereocenters. The van der Waals surface area contributed by atoms with E-state index in [0.717, 1.165) is 12.3 Å². The van der Waals surface area contributed by atoms with Crippen LogP contribution in [0.3, 0.4) is 0 Å². The minimum Gasteiger partial charge on any atom is -0.317 e. The summed E-state index contributed by atoms with van der Waals surface area (Å²) in [7, 11) is 2.03. The highest BCUT2D eigenvalue weighted by Crippen LogP contribution is 2.29. The summed E-state index contributed by atoms with van der Waals surface area (Å²) in [6.45, 7) is 0. The number of hydrogen-bond acceptors (Lipinski definition) is 1. The Morgan fingerprint density at radius 1 is 1.37 bits per heavy atom. The molecule has 1 saturated carbocycles. The van der Waals surface area contributed by atoms with Gasteiger partial charge in [0.15, 0.2) is 0 Å². The molecule has 0 spiro atoms. The standard InChI is InChI=1S/C16H23BrFN/c1-19-14(8-6-12-4-2-3-5-12)10-13-7-9-16(18)15(17)11-13/h7,9,11-12,14,19H,2-6,8,10H2,1H3. The van der Waals surface area contributed by atoms with Gasteiger partial charge >= 0.3 is 0 Å². The molecular formula is C16H23BrFN. The molecule has 1 aliphatic rings. The van der Waals surface area contributed by atoms with Gasteiger partial charge in [-0.2, -0.15) is 0 Å². The lowest BCUT2D eigenvalue weighted by Crippen LogP contribution is -2.28. The van der Waals surface area contributed by atoms with Crippen LogP contribution in [-0.4, -0.2) is 13.1 Å². The normalized spacial score (nSPS) is 17.8. The van der Waals surface area contributed by atoms with Crippen LogP contribution < -0.4 is 5.32 Å². The van der Waals surface area contributed by atoms with E-state index in [0.29, 0.717) is 10.5 Å². The zero-order chi connectivity index (χ0) is 13.7. The molecule has 106 valence electrons. The highest BCUT2D eigenvalue weighted by atomic mass is 79.9. The van der Waals surface area contributed by atoms with Gasteiger partial charge in [0.25, 0.3) is 0 Å². The average Bonchev–Trinajstić information content (AvgIpc) is 2.92. The van der Waals surface area contributed by atoms with E-state index in [1.807, 2.05) is 19.2 Å². The van der Waals surface area contributed by atoms with Gasteiger partial charge in [-0.15, -0.1) is 0 Å². The molecule has 0 heterocycles. The monoisotopic (exact) mass is 327 g/mol. The van der Waals surface area contributed by atoms with Gasteiger partial charge in [-0.3, -0.25) is 0 Å². The van der Waals surface area contributed by atoms with Crippen molar-refractivity contribution in [3.63, 3.8) is 0 Å². The lowest BCUT2D eigenvalue weighted by molar-refractivity contribution is 0.418. The summed E-state index contributed by atoms with van der Waals surface area (Å²) in [5.74, 6) is 0.756. The van der Waals surface area contributed by atoms with E-state index in [-0.39, 0.29) is 5.82 Å². The van der Waals surface area contributed by atoms with Gasteiger partial charge < -0.3 is 5.32 Å². The summed E-state index contributed by atoms with van der Waals surface area (Å²) >= 11 is 3.26. The van der Waals surface area contributed by atoms with Crippen LogP contribution in [0.2, 0.25) is 0 Å². The number of rotatable bonds is 6. The van der Waals surface area contributed by atoms with E-state index in [9.17, 15) is 4.39 Å². The zero-order valence-corrected chi connectivity index (χ0v) is 13.2. The van der Waals surface area contributed by atoms with E-state index >= 15 is 0 Å². The molecule has 3 heteroatoms. The second-order valence-corrected chi connectivity index (χ2v) is 6.52. The molecule has 0 saturated heterocycles. The third kappa shape index (κ3) is 4.57. The molecule has 1 unspecified atom stereocenters. The van der Waals surface area contributed by atoms with Crippen molar-refractivity contribution in [2.24, 2.45) is 5.92 Å². The van der Waals surface area contributed by atoms with Crippen molar-refractivity contribution in [1.29, 1.82) is 0 Å². The Kier molecular flexibility index (Phi) is 5.83. The molecule has 1 nitrogen and oxygen atoms in total. The number of benzene rings is 1. The molecule has 0 radical (unpaired) electrons. The second-order valence-electron chi connectivity index (χ2n) is 5.67. The number of likely N-dealkylation sites (N-methyl/N-ethyl adjacent to an activating group) is 1. The van der Waals surface area contributed by atoms with Crippen LogP contribution >= 0.6 is 15.9 Å². The molecule has 2 rings (SSSR count). The largest absolute Gasteiger partial charge is 0.317 e. The van der Waals surface area contributed by atoms with Crippen LogP contribution in [0.1, 0.15) is 44.1 Å². The van der Waals surface area contributed by atoms with Gasteiger partial charge in [0.1, 0.15) is 5.82 Å².